The number of rotatable bonds is 6. The molecule has 0 aliphatic carbocycles. The van der Waals surface area contributed by atoms with Crippen LogP contribution < -0.4 is 14.5 Å². The zero-order valence-electron chi connectivity index (χ0n) is 18.0. The topological polar surface area (TPSA) is 86.8 Å². The van der Waals surface area contributed by atoms with Crippen molar-refractivity contribution >= 4 is 49.7 Å². The molecule has 0 bridgehead atoms. The fraction of sp³-hybridized carbons (Fsp3) is 0.250. The molecule has 0 atom stereocenters. The maximum absolute atomic E-state index is 12.9. The average Bonchev–Trinajstić information content (AvgIpc) is 3.18. The number of carbonyl (C=O) groups excluding carboxylic acids is 2. The van der Waals surface area contributed by atoms with Crippen LogP contribution in [-0.4, -0.2) is 39.6 Å². The van der Waals surface area contributed by atoms with Crippen molar-refractivity contribution in [3.05, 3.63) is 66.2 Å². The number of carbonyl (C=O) groups is 2. The fourth-order valence-electron chi connectivity index (χ4n) is 4.02. The van der Waals surface area contributed by atoms with Crippen LogP contribution in [0.1, 0.15) is 18.4 Å². The van der Waals surface area contributed by atoms with Gasteiger partial charge in [0.1, 0.15) is 6.54 Å². The van der Waals surface area contributed by atoms with Crippen LogP contribution in [-0.2, 0) is 19.6 Å². The van der Waals surface area contributed by atoms with E-state index in [9.17, 15) is 18.0 Å². The molecule has 0 spiro atoms. The van der Waals surface area contributed by atoms with Crippen molar-refractivity contribution < 1.29 is 18.0 Å². The number of anilines is 3. The summed E-state index contributed by atoms with van der Waals surface area (Å²) >= 11 is 0. The van der Waals surface area contributed by atoms with Crippen LogP contribution in [0.4, 0.5) is 17.1 Å². The molecule has 4 rings (SSSR count). The van der Waals surface area contributed by atoms with Gasteiger partial charge in [0.15, 0.2) is 0 Å². The molecule has 0 unspecified atom stereocenters. The summed E-state index contributed by atoms with van der Waals surface area (Å²) < 4.78 is 26.3. The van der Waals surface area contributed by atoms with E-state index in [4.69, 9.17) is 0 Å². The Bertz CT molecular complexity index is 1300. The van der Waals surface area contributed by atoms with E-state index < -0.39 is 15.9 Å². The first-order valence-corrected chi connectivity index (χ1v) is 12.3. The molecule has 0 aromatic heterocycles. The molecule has 1 aliphatic heterocycles. The highest BCUT2D eigenvalue weighted by Crippen LogP contribution is 2.30. The number of aryl methyl sites for hydroxylation is 1. The van der Waals surface area contributed by atoms with Crippen LogP contribution in [0.25, 0.3) is 10.8 Å². The minimum Gasteiger partial charge on any atom is -0.324 e. The van der Waals surface area contributed by atoms with Crippen molar-refractivity contribution in [1.82, 2.24) is 0 Å². The van der Waals surface area contributed by atoms with E-state index in [0.717, 1.165) is 39.0 Å². The highest BCUT2D eigenvalue weighted by atomic mass is 32.2. The van der Waals surface area contributed by atoms with Crippen molar-refractivity contribution in [3.8, 4) is 0 Å². The molecular weight excluding hydrogens is 426 g/mol. The van der Waals surface area contributed by atoms with Gasteiger partial charge in [0, 0.05) is 29.7 Å². The van der Waals surface area contributed by atoms with Crippen LogP contribution in [0.2, 0.25) is 0 Å². The average molecular weight is 452 g/mol. The predicted molar refractivity (Wildman–Crippen MR) is 128 cm³/mol. The Hall–Kier alpha value is -3.39. The Morgan fingerprint density at radius 1 is 1.09 bits per heavy atom. The normalized spacial score (nSPS) is 14.1. The number of sulfonamides is 1. The van der Waals surface area contributed by atoms with E-state index in [1.54, 1.807) is 29.2 Å². The number of nitrogens with zero attached hydrogens (tertiary/aromatic N) is 2. The van der Waals surface area contributed by atoms with Gasteiger partial charge < -0.3 is 10.2 Å². The van der Waals surface area contributed by atoms with Crippen LogP contribution in [0, 0.1) is 6.92 Å². The first-order chi connectivity index (χ1) is 15.2. The summed E-state index contributed by atoms with van der Waals surface area (Å²) in [5, 5.41) is 4.42. The minimum atomic E-state index is -3.71. The summed E-state index contributed by atoms with van der Waals surface area (Å²) in [6, 6.07) is 18.2. The number of fused-ring (bicyclic) bond motifs is 1. The molecule has 1 aliphatic rings. The lowest BCUT2D eigenvalue weighted by molar-refractivity contribution is -0.117. The molecule has 2 amide bonds. The Labute approximate surface area is 187 Å². The summed E-state index contributed by atoms with van der Waals surface area (Å²) in [5.74, 6) is -0.401. The van der Waals surface area contributed by atoms with Gasteiger partial charge in [-0.15, -0.1) is 0 Å². The largest absolute Gasteiger partial charge is 0.324 e. The van der Waals surface area contributed by atoms with Gasteiger partial charge in [-0.25, -0.2) is 8.42 Å². The van der Waals surface area contributed by atoms with Gasteiger partial charge in [0.25, 0.3) is 0 Å². The summed E-state index contributed by atoms with van der Waals surface area (Å²) in [5.41, 5.74) is 2.67. The minimum absolute atomic E-state index is 0.0655. The molecule has 0 saturated carbocycles. The maximum Gasteiger partial charge on any atom is 0.245 e. The first-order valence-electron chi connectivity index (χ1n) is 10.4. The van der Waals surface area contributed by atoms with Gasteiger partial charge in [-0.2, -0.15) is 0 Å². The number of amides is 2. The van der Waals surface area contributed by atoms with Gasteiger partial charge in [0.2, 0.25) is 21.8 Å². The molecule has 32 heavy (non-hydrogen) atoms. The van der Waals surface area contributed by atoms with Crippen LogP contribution in [0.5, 0.6) is 0 Å². The second-order valence-electron chi connectivity index (χ2n) is 7.97. The van der Waals surface area contributed by atoms with E-state index >= 15 is 0 Å². The maximum atomic E-state index is 12.9. The molecule has 1 heterocycles. The van der Waals surface area contributed by atoms with Crippen LogP contribution >= 0.6 is 0 Å². The van der Waals surface area contributed by atoms with E-state index in [2.05, 4.69) is 5.32 Å². The molecule has 166 valence electrons. The zero-order valence-corrected chi connectivity index (χ0v) is 18.9. The van der Waals surface area contributed by atoms with Gasteiger partial charge >= 0.3 is 0 Å². The van der Waals surface area contributed by atoms with Gasteiger partial charge in [0.05, 0.1) is 11.9 Å². The summed E-state index contributed by atoms with van der Waals surface area (Å²) in [6.07, 6.45) is 2.42. The van der Waals surface area contributed by atoms with Gasteiger partial charge in [-0.05, 0) is 42.5 Å². The Kier molecular flexibility index (Phi) is 5.88. The fourth-order valence-corrected chi connectivity index (χ4v) is 4.89. The van der Waals surface area contributed by atoms with Crippen molar-refractivity contribution in [2.45, 2.75) is 19.8 Å². The summed E-state index contributed by atoms with van der Waals surface area (Å²) in [6.45, 7) is 2.21. The van der Waals surface area contributed by atoms with Crippen molar-refractivity contribution in [1.29, 1.82) is 0 Å². The molecule has 7 nitrogen and oxygen atoms in total. The monoisotopic (exact) mass is 451 g/mol. The lowest BCUT2D eigenvalue weighted by atomic mass is 10.1. The smallest absolute Gasteiger partial charge is 0.245 e. The first kappa shape index (κ1) is 21.8. The van der Waals surface area contributed by atoms with Gasteiger partial charge in [-0.1, -0.05) is 42.5 Å². The Morgan fingerprint density at radius 3 is 2.56 bits per heavy atom. The standard InChI is InChI=1S/C24H25N3O4S/c1-17-12-13-19(15-22(17)26-14-6-11-24(26)29)25-23(28)16-27(32(2,30)31)21-10-5-8-18-7-3-4-9-20(18)21/h3-5,7-10,12-13,15H,6,11,14,16H2,1-2H3,(H,25,28). The van der Waals surface area contributed by atoms with E-state index in [0.29, 0.717) is 24.3 Å². The van der Waals surface area contributed by atoms with Crippen molar-refractivity contribution in [3.63, 3.8) is 0 Å². The number of nitrogens with one attached hydrogen (secondary N) is 1. The van der Waals surface area contributed by atoms with Crippen molar-refractivity contribution in [2.75, 3.05) is 33.9 Å². The molecular formula is C24H25N3O4S. The molecule has 1 N–H and O–H groups in total. The second kappa shape index (κ2) is 8.63. The summed E-state index contributed by atoms with van der Waals surface area (Å²) in [4.78, 5) is 26.7. The quantitative estimate of drug-likeness (QED) is 0.619. The zero-order chi connectivity index (χ0) is 22.9. The highest BCUT2D eigenvalue weighted by Gasteiger charge is 2.25. The number of hydrogen-bond acceptors (Lipinski definition) is 4. The van der Waals surface area contributed by atoms with Gasteiger partial charge in [-0.3, -0.25) is 13.9 Å². The number of benzene rings is 3. The third-order valence-electron chi connectivity index (χ3n) is 5.58. The molecule has 3 aromatic carbocycles. The Morgan fingerprint density at radius 2 is 1.84 bits per heavy atom. The van der Waals surface area contributed by atoms with E-state index in [-0.39, 0.29) is 12.5 Å². The van der Waals surface area contributed by atoms with E-state index in [1.165, 1.54) is 0 Å². The number of hydrogen-bond donors (Lipinski definition) is 1. The van der Waals surface area contributed by atoms with Crippen LogP contribution in [0.15, 0.2) is 60.7 Å². The molecule has 1 saturated heterocycles. The SMILES string of the molecule is Cc1ccc(NC(=O)CN(c2cccc3ccccc23)S(C)(=O)=O)cc1N1CCCC1=O. The summed E-state index contributed by atoms with van der Waals surface area (Å²) in [7, 11) is -3.71. The molecule has 3 aromatic rings. The second-order valence-corrected chi connectivity index (χ2v) is 9.87. The third-order valence-corrected chi connectivity index (χ3v) is 6.71. The Balaban J connectivity index is 1.60. The van der Waals surface area contributed by atoms with Crippen LogP contribution in [0.3, 0.4) is 0 Å². The molecule has 8 heteroatoms. The molecule has 0 radical (unpaired) electrons. The van der Waals surface area contributed by atoms with Crippen molar-refractivity contribution in [2.24, 2.45) is 0 Å². The molecule has 1 fully saturated rings. The van der Waals surface area contributed by atoms with E-state index in [1.807, 2.05) is 43.3 Å². The third kappa shape index (κ3) is 4.45. The predicted octanol–water partition coefficient (Wildman–Crippen LogP) is 3.68. The lowest BCUT2D eigenvalue weighted by Crippen LogP contribution is -2.37. The lowest BCUT2D eigenvalue weighted by Gasteiger charge is -2.24. The highest BCUT2D eigenvalue weighted by molar-refractivity contribution is 7.92.